The molecule has 0 radical (unpaired) electrons. The Hall–Kier alpha value is -0.830. The number of rotatable bonds is 2. The third-order valence-corrected chi connectivity index (χ3v) is 2.28. The maximum atomic E-state index is 5.96. The zero-order valence-corrected chi connectivity index (χ0v) is 9.18. The van der Waals surface area contributed by atoms with E-state index in [1.807, 2.05) is 25.9 Å². The number of nitrogens with zero attached hydrogens (tertiary/aromatic N) is 3. The van der Waals surface area contributed by atoms with Gasteiger partial charge in [0.25, 0.3) is 0 Å². The molecular weight excluding hydrogens is 186 g/mol. The van der Waals surface area contributed by atoms with E-state index in [1.54, 1.807) is 0 Å². The van der Waals surface area contributed by atoms with Crippen LogP contribution in [0.3, 0.4) is 0 Å². The molecule has 0 amide bonds. The van der Waals surface area contributed by atoms with Crippen molar-refractivity contribution in [3.63, 3.8) is 0 Å². The number of hydrogen-bond acceptors (Lipinski definition) is 3. The van der Waals surface area contributed by atoms with Crippen molar-refractivity contribution in [2.45, 2.75) is 20.3 Å². The van der Waals surface area contributed by atoms with Crippen LogP contribution in [-0.2, 0) is 6.42 Å². The van der Waals surface area contributed by atoms with Crippen LogP contribution < -0.4 is 4.90 Å². The van der Waals surface area contributed by atoms with Gasteiger partial charge in [0.05, 0.1) is 5.69 Å². The monoisotopic (exact) mass is 199 g/mol. The highest BCUT2D eigenvalue weighted by Crippen LogP contribution is 2.18. The van der Waals surface area contributed by atoms with Gasteiger partial charge in [-0.1, -0.05) is 18.5 Å². The lowest BCUT2D eigenvalue weighted by molar-refractivity contribution is 0.922. The van der Waals surface area contributed by atoms with Crippen molar-refractivity contribution in [3.05, 3.63) is 16.4 Å². The normalized spacial score (nSPS) is 10.2. The van der Waals surface area contributed by atoms with Crippen LogP contribution in [0.1, 0.15) is 18.2 Å². The molecule has 0 aliphatic heterocycles. The van der Waals surface area contributed by atoms with Gasteiger partial charge in [-0.15, -0.1) is 0 Å². The van der Waals surface area contributed by atoms with Gasteiger partial charge in [0.2, 0.25) is 5.95 Å². The van der Waals surface area contributed by atoms with E-state index >= 15 is 0 Å². The van der Waals surface area contributed by atoms with E-state index in [9.17, 15) is 0 Å². The summed E-state index contributed by atoms with van der Waals surface area (Å²) in [5.74, 6) is 0.674. The number of halogens is 1. The first kappa shape index (κ1) is 10.3. The summed E-state index contributed by atoms with van der Waals surface area (Å²) in [7, 11) is 3.81. The largest absolute Gasteiger partial charge is 0.347 e. The lowest BCUT2D eigenvalue weighted by Crippen LogP contribution is -2.14. The minimum absolute atomic E-state index is 0.551. The standard InChI is InChI=1S/C9H14ClN3/c1-5-7-6(2)8(10)12-9(11-7)13(3)4/h5H2,1-4H3. The van der Waals surface area contributed by atoms with Crippen molar-refractivity contribution in [3.8, 4) is 0 Å². The Balaban J connectivity index is 3.22. The van der Waals surface area contributed by atoms with Crippen LogP contribution in [0.2, 0.25) is 5.15 Å². The van der Waals surface area contributed by atoms with Gasteiger partial charge < -0.3 is 4.90 Å². The Bertz CT molecular complexity index is 310. The van der Waals surface area contributed by atoms with Crippen molar-refractivity contribution < 1.29 is 0 Å². The molecule has 1 heterocycles. The lowest BCUT2D eigenvalue weighted by Gasteiger charge is -2.13. The first-order valence-corrected chi connectivity index (χ1v) is 4.64. The van der Waals surface area contributed by atoms with E-state index in [0.29, 0.717) is 11.1 Å². The average molecular weight is 200 g/mol. The molecule has 0 bridgehead atoms. The second-order valence-electron chi connectivity index (χ2n) is 3.13. The minimum atomic E-state index is 0.551. The van der Waals surface area contributed by atoms with E-state index in [1.165, 1.54) is 0 Å². The molecule has 0 saturated carbocycles. The fourth-order valence-electron chi connectivity index (χ4n) is 1.06. The summed E-state index contributed by atoms with van der Waals surface area (Å²) in [6, 6.07) is 0. The highest BCUT2D eigenvalue weighted by molar-refractivity contribution is 6.30. The van der Waals surface area contributed by atoms with Crippen LogP contribution in [0.25, 0.3) is 0 Å². The van der Waals surface area contributed by atoms with E-state index in [4.69, 9.17) is 11.6 Å². The molecule has 4 heteroatoms. The van der Waals surface area contributed by atoms with Crippen LogP contribution in [0.4, 0.5) is 5.95 Å². The molecule has 0 aromatic carbocycles. The fourth-order valence-corrected chi connectivity index (χ4v) is 1.25. The molecule has 0 saturated heterocycles. The maximum Gasteiger partial charge on any atom is 0.226 e. The van der Waals surface area contributed by atoms with Crippen molar-refractivity contribution in [2.75, 3.05) is 19.0 Å². The fraction of sp³-hybridized carbons (Fsp3) is 0.556. The third kappa shape index (κ3) is 2.10. The smallest absolute Gasteiger partial charge is 0.226 e. The van der Waals surface area contributed by atoms with Crippen LogP contribution in [-0.4, -0.2) is 24.1 Å². The first-order valence-electron chi connectivity index (χ1n) is 4.26. The molecule has 0 N–H and O–H groups in total. The molecule has 0 fully saturated rings. The summed E-state index contributed by atoms with van der Waals surface area (Å²) in [6.07, 6.45) is 0.884. The molecule has 13 heavy (non-hydrogen) atoms. The van der Waals surface area contributed by atoms with Gasteiger partial charge in [-0.25, -0.2) is 9.97 Å². The summed E-state index contributed by atoms with van der Waals surface area (Å²) < 4.78 is 0. The van der Waals surface area contributed by atoms with Gasteiger partial charge in [-0.05, 0) is 13.3 Å². The number of aromatic nitrogens is 2. The van der Waals surface area contributed by atoms with Crippen LogP contribution >= 0.6 is 11.6 Å². The second kappa shape index (κ2) is 3.92. The maximum absolute atomic E-state index is 5.96. The Kier molecular flexibility index (Phi) is 3.09. The van der Waals surface area contributed by atoms with Crippen molar-refractivity contribution in [2.24, 2.45) is 0 Å². The highest BCUT2D eigenvalue weighted by atomic mass is 35.5. The Morgan fingerprint density at radius 2 is 1.92 bits per heavy atom. The van der Waals surface area contributed by atoms with E-state index in [2.05, 4.69) is 16.9 Å². The van der Waals surface area contributed by atoms with E-state index in [-0.39, 0.29) is 0 Å². The SMILES string of the molecule is CCc1nc(N(C)C)nc(Cl)c1C. The van der Waals surface area contributed by atoms with Gasteiger partial charge in [0.15, 0.2) is 0 Å². The molecule has 1 rings (SSSR count). The van der Waals surface area contributed by atoms with Gasteiger partial charge in [-0.2, -0.15) is 0 Å². The van der Waals surface area contributed by atoms with Gasteiger partial charge in [-0.3, -0.25) is 0 Å². The zero-order chi connectivity index (χ0) is 10.0. The Labute approximate surface area is 83.8 Å². The second-order valence-corrected chi connectivity index (χ2v) is 3.49. The molecule has 0 spiro atoms. The molecule has 0 atom stereocenters. The molecule has 0 unspecified atom stereocenters. The molecule has 0 aliphatic carbocycles. The lowest BCUT2D eigenvalue weighted by atomic mass is 10.2. The molecule has 0 aliphatic rings. The Morgan fingerprint density at radius 3 is 2.38 bits per heavy atom. The minimum Gasteiger partial charge on any atom is -0.347 e. The molecule has 1 aromatic heterocycles. The topological polar surface area (TPSA) is 29.0 Å². The van der Waals surface area contributed by atoms with Gasteiger partial charge >= 0.3 is 0 Å². The predicted octanol–water partition coefficient (Wildman–Crippen LogP) is 2.07. The Morgan fingerprint density at radius 1 is 1.31 bits per heavy atom. The molecule has 1 aromatic rings. The average Bonchev–Trinajstić information content (AvgIpc) is 2.09. The van der Waals surface area contributed by atoms with Crippen LogP contribution in [0.15, 0.2) is 0 Å². The molecule has 72 valence electrons. The summed E-state index contributed by atoms with van der Waals surface area (Å²) in [5, 5.41) is 0.551. The summed E-state index contributed by atoms with van der Waals surface area (Å²) in [6.45, 7) is 4.01. The van der Waals surface area contributed by atoms with Gasteiger partial charge in [0.1, 0.15) is 5.15 Å². The quantitative estimate of drug-likeness (QED) is 0.683. The summed E-state index contributed by atoms with van der Waals surface area (Å²) in [4.78, 5) is 10.4. The number of aryl methyl sites for hydroxylation is 1. The van der Waals surface area contributed by atoms with E-state index in [0.717, 1.165) is 17.7 Å². The third-order valence-electron chi connectivity index (χ3n) is 1.91. The van der Waals surface area contributed by atoms with Crippen molar-refractivity contribution >= 4 is 17.5 Å². The first-order chi connectivity index (χ1) is 6.06. The van der Waals surface area contributed by atoms with Crippen LogP contribution in [0.5, 0.6) is 0 Å². The summed E-state index contributed by atoms with van der Waals surface area (Å²) in [5.41, 5.74) is 2.00. The van der Waals surface area contributed by atoms with Gasteiger partial charge in [0, 0.05) is 19.7 Å². The highest BCUT2D eigenvalue weighted by Gasteiger charge is 2.08. The molecule has 3 nitrogen and oxygen atoms in total. The van der Waals surface area contributed by atoms with Crippen LogP contribution in [0, 0.1) is 6.92 Å². The predicted molar refractivity (Wildman–Crippen MR) is 55.5 cm³/mol. The van der Waals surface area contributed by atoms with E-state index < -0.39 is 0 Å². The van der Waals surface area contributed by atoms with Crippen molar-refractivity contribution in [1.29, 1.82) is 0 Å². The number of hydrogen-bond donors (Lipinski definition) is 0. The summed E-state index contributed by atoms with van der Waals surface area (Å²) >= 11 is 5.96. The van der Waals surface area contributed by atoms with Crippen molar-refractivity contribution in [1.82, 2.24) is 9.97 Å². The molecular formula is C9H14ClN3. The zero-order valence-electron chi connectivity index (χ0n) is 8.43. The number of anilines is 1.